The molecule has 0 unspecified atom stereocenters. The van der Waals surface area contributed by atoms with E-state index in [0.717, 1.165) is 15.6 Å². The number of thiazole rings is 1. The van der Waals surface area contributed by atoms with E-state index in [1.165, 1.54) is 0 Å². The van der Waals surface area contributed by atoms with Crippen molar-refractivity contribution in [2.75, 3.05) is 0 Å². The van der Waals surface area contributed by atoms with E-state index in [4.69, 9.17) is 0 Å². The first kappa shape index (κ1) is 13.3. The van der Waals surface area contributed by atoms with E-state index >= 15 is 0 Å². The second-order valence-corrected chi connectivity index (χ2v) is 6.93. The molecule has 0 saturated heterocycles. The van der Waals surface area contributed by atoms with Crippen LogP contribution in [0.3, 0.4) is 0 Å². The second-order valence-electron chi connectivity index (χ2n) is 4.48. The number of rotatable bonds is 3. The highest BCUT2D eigenvalue weighted by molar-refractivity contribution is 8.01. The number of thioether (sulfide) groups is 1. The molecule has 0 bridgehead atoms. The molecule has 0 aliphatic rings. The van der Waals surface area contributed by atoms with E-state index in [1.54, 1.807) is 29.2 Å². The number of para-hydroxylation sites is 1. The third-order valence-corrected chi connectivity index (χ3v) is 5.09. The summed E-state index contributed by atoms with van der Waals surface area (Å²) in [7, 11) is 0. The fraction of sp³-hybridized carbons (Fsp3) is 0.214. The van der Waals surface area contributed by atoms with Crippen molar-refractivity contribution in [3.05, 3.63) is 51.5 Å². The van der Waals surface area contributed by atoms with Crippen LogP contribution in [-0.4, -0.2) is 15.0 Å². The highest BCUT2D eigenvalue weighted by Gasteiger charge is 2.13. The summed E-state index contributed by atoms with van der Waals surface area (Å²) in [4.78, 5) is 23.9. The van der Waals surface area contributed by atoms with Crippen LogP contribution in [-0.2, 0) is 0 Å². The monoisotopic (exact) mass is 303 g/mol. The van der Waals surface area contributed by atoms with Crippen molar-refractivity contribution in [2.24, 2.45) is 0 Å². The Morgan fingerprint density at radius 2 is 2.10 bits per heavy atom. The van der Waals surface area contributed by atoms with Crippen LogP contribution in [0.5, 0.6) is 0 Å². The molecule has 1 atom stereocenters. The normalized spacial score (nSPS) is 12.7. The third kappa shape index (κ3) is 2.62. The Morgan fingerprint density at radius 3 is 2.85 bits per heavy atom. The van der Waals surface area contributed by atoms with Crippen LogP contribution in [0.1, 0.15) is 23.7 Å². The van der Waals surface area contributed by atoms with Gasteiger partial charge in [-0.2, -0.15) is 0 Å². The second kappa shape index (κ2) is 5.38. The smallest absolute Gasteiger partial charge is 0.258 e. The predicted molar refractivity (Wildman–Crippen MR) is 83.5 cm³/mol. The van der Waals surface area contributed by atoms with Gasteiger partial charge in [0.2, 0.25) is 0 Å². The van der Waals surface area contributed by atoms with Gasteiger partial charge in [0.05, 0.1) is 16.2 Å². The molecule has 2 aromatic heterocycles. The Bertz CT molecular complexity index is 809. The standard InChI is InChI=1S/C14H13N3OS2/c1-8-7-19-14(15-8)20-9(2)12-16-11-6-4-3-5-10(11)13(18)17-12/h3-7,9H,1-2H3,(H,16,17,18)/t9-/m1/s1. The zero-order valence-corrected chi connectivity index (χ0v) is 12.7. The molecule has 1 N–H and O–H groups in total. The lowest BCUT2D eigenvalue weighted by Crippen LogP contribution is -2.12. The predicted octanol–water partition coefficient (Wildman–Crippen LogP) is 3.54. The minimum absolute atomic E-state index is 0.0536. The van der Waals surface area contributed by atoms with Crippen LogP contribution >= 0.6 is 23.1 Å². The SMILES string of the molecule is Cc1csc(S[C@H](C)c2nc3ccccc3c(=O)[nH]2)n1. The molecule has 0 amide bonds. The van der Waals surface area contributed by atoms with Crippen molar-refractivity contribution < 1.29 is 0 Å². The molecule has 0 radical (unpaired) electrons. The number of nitrogens with zero attached hydrogens (tertiary/aromatic N) is 2. The molecule has 0 spiro atoms. The Balaban J connectivity index is 1.95. The van der Waals surface area contributed by atoms with Gasteiger partial charge in [-0.25, -0.2) is 9.97 Å². The van der Waals surface area contributed by atoms with E-state index in [2.05, 4.69) is 15.0 Å². The van der Waals surface area contributed by atoms with Gasteiger partial charge in [-0.3, -0.25) is 4.79 Å². The van der Waals surface area contributed by atoms with Gasteiger partial charge in [0, 0.05) is 11.1 Å². The fourth-order valence-corrected chi connectivity index (χ4v) is 3.93. The molecule has 0 saturated carbocycles. The molecular weight excluding hydrogens is 290 g/mol. The lowest BCUT2D eigenvalue weighted by atomic mass is 10.2. The molecule has 1 aromatic carbocycles. The minimum atomic E-state index is -0.0895. The van der Waals surface area contributed by atoms with Gasteiger partial charge < -0.3 is 4.98 Å². The van der Waals surface area contributed by atoms with Crippen molar-refractivity contribution in [3.63, 3.8) is 0 Å². The van der Waals surface area contributed by atoms with Gasteiger partial charge in [0.15, 0.2) is 4.34 Å². The highest BCUT2D eigenvalue weighted by Crippen LogP contribution is 2.34. The number of nitrogens with one attached hydrogen (secondary N) is 1. The maximum Gasteiger partial charge on any atom is 0.258 e. The van der Waals surface area contributed by atoms with Crippen LogP contribution in [0.25, 0.3) is 10.9 Å². The van der Waals surface area contributed by atoms with E-state index in [0.29, 0.717) is 11.2 Å². The summed E-state index contributed by atoms with van der Waals surface area (Å²) in [6.45, 7) is 4.00. The average Bonchev–Trinajstić information content (AvgIpc) is 2.84. The van der Waals surface area contributed by atoms with Crippen LogP contribution in [0.15, 0.2) is 38.8 Å². The van der Waals surface area contributed by atoms with Crippen molar-refractivity contribution in [1.29, 1.82) is 0 Å². The van der Waals surface area contributed by atoms with Gasteiger partial charge in [-0.1, -0.05) is 23.9 Å². The summed E-state index contributed by atoms with van der Waals surface area (Å²) in [5, 5.41) is 2.70. The Morgan fingerprint density at radius 1 is 1.30 bits per heavy atom. The molecule has 20 heavy (non-hydrogen) atoms. The van der Waals surface area contributed by atoms with Crippen molar-refractivity contribution >= 4 is 34.0 Å². The number of hydrogen-bond acceptors (Lipinski definition) is 5. The van der Waals surface area contributed by atoms with Gasteiger partial charge in [0.1, 0.15) is 5.82 Å². The Labute approximate surface area is 124 Å². The Kier molecular flexibility index (Phi) is 3.58. The van der Waals surface area contributed by atoms with Gasteiger partial charge >= 0.3 is 0 Å². The lowest BCUT2D eigenvalue weighted by molar-refractivity contribution is 0.921. The molecule has 0 aliphatic heterocycles. The first-order valence-corrected chi connectivity index (χ1v) is 7.97. The quantitative estimate of drug-likeness (QED) is 0.752. The number of hydrogen-bond donors (Lipinski definition) is 1. The van der Waals surface area contributed by atoms with Crippen LogP contribution in [0, 0.1) is 6.92 Å². The zero-order chi connectivity index (χ0) is 14.1. The average molecular weight is 303 g/mol. The number of H-pyrrole nitrogens is 1. The topological polar surface area (TPSA) is 58.6 Å². The summed E-state index contributed by atoms with van der Waals surface area (Å²) in [5.41, 5.74) is 1.66. The van der Waals surface area contributed by atoms with E-state index < -0.39 is 0 Å². The van der Waals surface area contributed by atoms with Crippen LogP contribution in [0.2, 0.25) is 0 Å². The van der Waals surface area contributed by atoms with Gasteiger partial charge in [-0.15, -0.1) is 11.3 Å². The summed E-state index contributed by atoms with van der Waals surface area (Å²) in [6.07, 6.45) is 0. The van der Waals surface area contributed by atoms with Crippen molar-refractivity contribution in [1.82, 2.24) is 15.0 Å². The van der Waals surface area contributed by atoms with Crippen molar-refractivity contribution in [2.45, 2.75) is 23.4 Å². The number of aromatic nitrogens is 3. The molecule has 6 heteroatoms. The lowest BCUT2D eigenvalue weighted by Gasteiger charge is -2.09. The van der Waals surface area contributed by atoms with E-state index in [9.17, 15) is 4.79 Å². The molecule has 0 fully saturated rings. The number of aromatic amines is 1. The zero-order valence-electron chi connectivity index (χ0n) is 11.1. The summed E-state index contributed by atoms with van der Waals surface area (Å²) < 4.78 is 0.991. The highest BCUT2D eigenvalue weighted by atomic mass is 32.2. The molecule has 102 valence electrons. The van der Waals surface area contributed by atoms with Crippen LogP contribution < -0.4 is 5.56 Å². The number of fused-ring (bicyclic) bond motifs is 1. The summed E-state index contributed by atoms with van der Waals surface area (Å²) in [5.74, 6) is 0.687. The van der Waals surface area contributed by atoms with Crippen LogP contribution in [0.4, 0.5) is 0 Å². The molecule has 2 heterocycles. The van der Waals surface area contributed by atoms with E-state index in [-0.39, 0.29) is 10.8 Å². The largest absolute Gasteiger partial charge is 0.309 e. The summed E-state index contributed by atoms with van der Waals surface area (Å²) >= 11 is 3.22. The number of benzene rings is 1. The van der Waals surface area contributed by atoms with Crippen molar-refractivity contribution in [3.8, 4) is 0 Å². The fourth-order valence-electron chi connectivity index (χ4n) is 1.89. The maximum absolute atomic E-state index is 12.0. The molecule has 0 aliphatic carbocycles. The molecule has 4 nitrogen and oxygen atoms in total. The summed E-state index contributed by atoms with van der Waals surface area (Å²) in [6, 6.07) is 7.38. The van der Waals surface area contributed by atoms with Gasteiger partial charge in [-0.05, 0) is 26.0 Å². The third-order valence-electron chi connectivity index (χ3n) is 2.89. The maximum atomic E-state index is 12.0. The molecule has 3 rings (SSSR count). The first-order chi connectivity index (χ1) is 9.63. The van der Waals surface area contributed by atoms with E-state index in [1.807, 2.05) is 37.4 Å². The molecule has 3 aromatic rings. The Hall–Kier alpha value is -1.66. The first-order valence-electron chi connectivity index (χ1n) is 6.21. The van der Waals surface area contributed by atoms with Gasteiger partial charge in [0.25, 0.3) is 5.56 Å². The minimum Gasteiger partial charge on any atom is -0.309 e. The molecular formula is C14H13N3OS2. The number of aryl methyl sites for hydroxylation is 1.